The summed E-state index contributed by atoms with van der Waals surface area (Å²) in [5.74, 6) is 1.23. The molecule has 5 nitrogen and oxygen atoms in total. The van der Waals surface area contributed by atoms with Crippen LogP contribution in [0.15, 0.2) is 40.8 Å². The summed E-state index contributed by atoms with van der Waals surface area (Å²) >= 11 is 1.45. The minimum absolute atomic E-state index is 0.337. The molecular weight excluding hydrogens is 258 g/mol. The molecule has 0 spiro atoms. The van der Waals surface area contributed by atoms with Gasteiger partial charge in [0.1, 0.15) is 17.2 Å². The molecule has 0 atom stereocenters. The second kappa shape index (κ2) is 4.97. The second-order valence-corrected chi connectivity index (χ2v) is 5.41. The molecule has 0 amide bonds. The van der Waals surface area contributed by atoms with Gasteiger partial charge in [0.15, 0.2) is 0 Å². The van der Waals surface area contributed by atoms with Gasteiger partial charge in [-0.3, -0.25) is 5.10 Å². The zero-order valence-electron chi connectivity index (χ0n) is 10.7. The zero-order valence-corrected chi connectivity index (χ0v) is 11.5. The van der Waals surface area contributed by atoms with Crippen molar-refractivity contribution in [1.29, 1.82) is 0 Å². The molecule has 2 heterocycles. The molecule has 0 bridgehead atoms. The van der Waals surface area contributed by atoms with Crippen LogP contribution in [0.3, 0.4) is 0 Å². The molecule has 0 aliphatic rings. The average Bonchev–Trinajstić information content (AvgIpc) is 2.88. The highest BCUT2D eigenvalue weighted by Crippen LogP contribution is 2.28. The lowest BCUT2D eigenvalue weighted by molar-refractivity contribution is 0.780. The van der Waals surface area contributed by atoms with Gasteiger partial charge in [0, 0.05) is 11.3 Å². The van der Waals surface area contributed by atoms with Crippen molar-refractivity contribution in [3.05, 3.63) is 36.4 Å². The van der Waals surface area contributed by atoms with Crippen molar-refractivity contribution >= 4 is 22.7 Å². The minimum Gasteiger partial charge on any atom is -0.262 e. The van der Waals surface area contributed by atoms with Gasteiger partial charge in [-0.25, -0.2) is 15.0 Å². The van der Waals surface area contributed by atoms with Gasteiger partial charge in [0.05, 0.1) is 5.52 Å². The predicted octanol–water partition coefficient (Wildman–Crippen LogP) is 3.02. The van der Waals surface area contributed by atoms with Crippen molar-refractivity contribution in [2.24, 2.45) is 0 Å². The van der Waals surface area contributed by atoms with E-state index in [0.717, 1.165) is 21.8 Å². The Kier molecular flexibility index (Phi) is 3.16. The minimum atomic E-state index is 0.337. The Bertz CT molecular complexity index is 702. The highest BCUT2D eigenvalue weighted by Gasteiger charge is 2.11. The second-order valence-electron chi connectivity index (χ2n) is 4.46. The standard InChI is InChI=1S/C13H13N5S/c1-8(2)11-16-13(18-17-11)19-12-9-5-3-4-6-10(9)14-7-15-12/h3-8H,1-2H3,(H,16,17,18). The number of rotatable bonds is 3. The van der Waals surface area contributed by atoms with Crippen LogP contribution in [0, 0.1) is 0 Å². The third-order valence-corrected chi connectivity index (χ3v) is 3.61. The van der Waals surface area contributed by atoms with E-state index in [1.807, 2.05) is 24.3 Å². The van der Waals surface area contributed by atoms with Crippen LogP contribution in [-0.2, 0) is 0 Å². The number of nitrogens with zero attached hydrogens (tertiary/aromatic N) is 4. The maximum Gasteiger partial charge on any atom is 0.214 e. The molecule has 6 heteroatoms. The van der Waals surface area contributed by atoms with Crippen molar-refractivity contribution in [3.8, 4) is 0 Å². The first-order chi connectivity index (χ1) is 9.24. The summed E-state index contributed by atoms with van der Waals surface area (Å²) in [6.07, 6.45) is 1.57. The Morgan fingerprint density at radius 2 is 2.00 bits per heavy atom. The van der Waals surface area contributed by atoms with E-state index in [4.69, 9.17) is 0 Å². The molecule has 96 valence electrons. The molecular formula is C13H13N5S. The van der Waals surface area contributed by atoms with Crippen LogP contribution in [0.25, 0.3) is 10.9 Å². The maximum absolute atomic E-state index is 4.45. The van der Waals surface area contributed by atoms with Gasteiger partial charge in [0.2, 0.25) is 5.16 Å². The summed E-state index contributed by atoms with van der Waals surface area (Å²) in [4.78, 5) is 13.0. The van der Waals surface area contributed by atoms with E-state index < -0.39 is 0 Å². The van der Waals surface area contributed by atoms with Crippen LogP contribution in [0.1, 0.15) is 25.6 Å². The van der Waals surface area contributed by atoms with Gasteiger partial charge in [-0.1, -0.05) is 32.0 Å². The highest BCUT2D eigenvalue weighted by molar-refractivity contribution is 7.99. The van der Waals surface area contributed by atoms with Crippen LogP contribution in [0.4, 0.5) is 0 Å². The summed E-state index contributed by atoms with van der Waals surface area (Å²) in [5.41, 5.74) is 0.930. The summed E-state index contributed by atoms with van der Waals surface area (Å²) in [7, 11) is 0. The Hall–Kier alpha value is -1.95. The fourth-order valence-electron chi connectivity index (χ4n) is 1.71. The first-order valence-electron chi connectivity index (χ1n) is 6.04. The molecule has 1 N–H and O–H groups in total. The van der Waals surface area contributed by atoms with E-state index >= 15 is 0 Å². The van der Waals surface area contributed by atoms with E-state index in [1.165, 1.54) is 11.8 Å². The lowest BCUT2D eigenvalue weighted by Gasteiger charge is -2.01. The number of hydrogen-bond acceptors (Lipinski definition) is 5. The lowest BCUT2D eigenvalue weighted by atomic mass is 10.2. The molecule has 0 aliphatic heterocycles. The van der Waals surface area contributed by atoms with Crippen LogP contribution < -0.4 is 0 Å². The Labute approximate surface area is 114 Å². The SMILES string of the molecule is CC(C)c1nc(Sc2ncnc3ccccc23)n[nH]1. The fourth-order valence-corrected chi connectivity index (χ4v) is 2.50. The van der Waals surface area contributed by atoms with E-state index in [1.54, 1.807) is 6.33 Å². The maximum atomic E-state index is 4.45. The Morgan fingerprint density at radius 1 is 1.16 bits per heavy atom. The van der Waals surface area contributed by atoms with E-state index in [9.17, 15) is 0 Å². The number of H-pyrrole nitrogens is 1. The first-order valence-corrected chi connectivity index (χ1v) is 6.85. The van der Waals surface area contributed by atoms with Crippen molar-refractivity contribution < 1.29 is 0 Å². The summed E-state index contributed by atoms with van der Waals surface area (Å²) in [6.45, 7) is 4.16. The molecule has 0 fully saturated rings. The number of aromatic nitrogens is 5. The summed E-state index contributed by atoms with van der Waals surface area (Å²) in [5, 5.41) is 9.74. The van der Waals surface area contributed by atoms with Crippen LogP contribution in [0.5, 0.6) is 0 Å². The number of para-hydroxylation sites is 1. The van der Waals surface area contributed by atoms with Gasteiger partial charge in [-0.2, -0.15) is 0 Å². The normalized spacial score (nSPS) is 11.3. The average molecular weight is 271 g/mol. The quantitative estimate of drug-likeness (QED) is 0.742. The van der Waals surface area contributed by atoms with Gasteiger partial charge in [0.25, 0.3) is 0 Å². The first kappa shape index (κ1) is 12.1. The zero-order chi connectivity index (χ0) is 13.2. The van der Waals surface area contributed by atoms with Gasteiger partial charge in [-0.15, -0.1) is 5.10 Å². The van der Waals surface area contributed by atoms with E-state index in [-0.39, 0.29) is 0 Å². The van der Waals surface area contributed by atoms with Crippen molar-refractivity contribution in [2.45, 2.75) is 29.9 Å². The predicted molar refractivity (Wildman–Crippen MR) is 74.1 cm³/mol. The number of aromatic amines is 1. The lowest BCUT2D eigenvalue weighted by Crippen LogP contribution is -1.89. The van der Waals surface area contributed by atoms with E-state index in [0.29, 0.717) is 11.1 Å². The fraction of sp³-hybridized carbons (Fsp3) is 0.231. The summed E-state index contributed by atoms with van der Waals surface area (Å²) < 4.78 is 0. The molecule has 0 saturated carbocycles. The van der Waals surface area contributed by atoms with E-state index in [2.05, 4.69) is 39.0 Å². The largest absolute Gasteiger partial charge is 0.262 e. The highest BCUT2D eigenvalue weighted by atomic mass is 32.2. The third kappa shape index (κ3) is 2.44. The number of benzene rings is 1. The Balaban J connectivity index is 1.96. The van der Waals surface area contributed by atoms with Crippen LogP contribution >= 0.6 is 11.8 Å². The number of hydrogen-bond donors (Lipinski definition) is 1. The molecule has 0 saturated heterocycles. The molecule has 2 aromatic heterocycles. The topological polar surface area (TPSA) is 67.3 Å². The molecule has 0 radical (unpaired) electrons. The molecule has 1 aromatic carbocycles. The monoisotopic (exact) mass is 271 g/mol. The molecule has 0 unspecified atom stereocenters. The summed E-state index contributed by atoms with van der Waals surface area (Å²) in [6, 6.07) is 7.92. The molecule has 3 rings (SSSR count). The van der Waals surface area contributed by atoms with Crippen LogP contribution in [-0.4, -0.2) is 25.1 Å². The smallest absolute Gasteiger partial charge is 0.214 e. The number of nitrogens with one attached hydrogen (secondary N) is 1. The third-order valence-electron chi connectivity index (χ3n) is 2.72. The van der Waals surface area contributed by atoms with Gasteiger partial charge >= 0.3 is 0 Å². The molecule has 0 aliphatic carbocycles. The molecule has 19 heavy (non-hydrogen) atoms. The van der Waals surface area contributed by atoms with Gasteiger partial charge in [-0.05, 0) is 17.8 Å². The van der Waals surface area contributed by atoms with Gasteiger partial charge < -0.3 is 0 Å². The Morgan fingerprint density at radius 3 is 2.79 bits per heavy atom. The van der Waals surface area contributed by atoms with Crippen molar-refractivity contribution in [3.63, 3.8) is 0 Å². The van der Waals surface area contributed by atoms with Crippen molar-refractivity contribution in [2.75, 3.05) is 0 Å². The van der Waals surface area contributed by atoms with Crippen LogP contribution in [0.2, 0.25) is 0 Å². The van der Waals surface area contributed by atoms with Crippen molar-refractivity contribution in [1.82, 2.24) is 25.1 Å². The number of fused-ring (bicyclic) bond motifs is 1. The molecule has 3 aromatic rings.